The van der Waals surface area contributed by atoms with E-state index in [9.17, 15) is 9.59 Å². The molecule has 1 atom stereocenters. The van der Waals surface area contributed by atoms with Crippen LogP contribution in [0.4, 0.5) is 0 Å². The lowest BCUT2D eigenvalue weighted by Gasteiger charge is -2.35. The van der Waals surface area contributed by atoms with Gasteiger partial charge in [0, 0.05) is 25.6 Å². The van der Waals surface area contributed by atoms with Gasteiger partial charge in [0.05, 0.1) is 26.2 Å². The molecule has 0 unspecified atom stereocenters. The molecule has 7 nitrogen and oxygen atoms in total. The highest BCUT2D eigenvalue weighted by molar-refractivity contribution is 8.26. The van der Waals surface area contributed by atoms with Gasteiger partial charge in [-0.1, -0.05) is 30.9 Å². The third-order valence-corrected chi connectivity index (χ3v) is 7.20. The average molecular weight is 479 g/mol. The van der Waals surface area contributed by atoms with Crippen LogP contribution in [0.15, 0.2) is 17.0 Å². The summed E-state index contributed by atoms with van der Waals surface area (Å²) in [5, 5.41) is 0. The molecule has 2 amide bonds. The van der Waals surface area contributed by atoms with Crippen LogP contribution in [-0.2, 0) is 9.59 Å². The molecule has 0 aromatic heterocycles. The predicted molar refractivity (Wildman–Crippen MR) is 130 cm³/mol. The van der Waals surface area contributed by atoms with Gasteiger partial charge in [-0.15, -0.1) is 0 Å². The minimum Gasteiger partial charge on any atom is -0.493 e. The van der Waals surface area contributed by atoms with Gasteiger partial charge in [0.2, 0.25) is 11.7 Å². The lowest BCUT2D eigenvalue weighted by atomic mass is 9.99. The van der Waals surface area contributed by atoms with Crippen molar-refractivity contribution in [2.45, 2.75) is 45.1 Å². The van der Waals surface area contributed by atoms with Crippen LogP contribution in [0.5, 0.6) is 17.2 Å². The molecule has 2 fully saturated rings. The maximum Gasteiger partial charge on any atom is 0.266 e. The number of hydrogen-bond donors (Lipinski definition) is 0. The molecule has 0 bridgehead atoms. The molecule has 2 aliphatic heterocycles. The first kappa shape index (κ1) is 24.4. The third kappa shape index (κ3) is 5.20. The lowest BCUT2D eigenvalue weighted by Crippen LogP contribution is -2.44. The molecule has 32 heavy (non-hydrogen) atoms. The topological polar surface area (TPSA) is 68.3 Å². The number of carbonyl (C=O) groups excluding carboxylic acids is 2. The molecule has 1 aromatic rings. The highest BCUT2D eigenvalue weighted by Gasteiger charge is 2.33. The van der Waals surface area contributed by atoms with Crippen LogP contribution in [0.3, 0.4) is 0 Å². The van der Waals surface area contributed by atoms with E-state index in [-0.39, 0.29) is 18.2 Å². The second kappa shape index (κ2) is 11.0. The van der Waals surface area contributed by atoms with Crippen LogP contribution in [0.25, 0.3) is 6.08 Å². The largest absolute Gasteiger partial charge is 0.493 e. The van der Waals surface area contributed by atoms with E-state index < -0.39 is 0 Å². The molecule has 9 heteroatoms. The van der Waals surface area contributed by atoms with Crippen molar-refractivity contribution in [1.82, 2.24) is 9.80 Å². The number of thiocarbonyl (C=S) groups is 1. The summed E-state index contributed by atoms with van der Waals surface area (Å²) in [7, 11) is 4.63. The quantitative estimate of drug-likeness (QED) is 0.412. The standard InChI is InChI=1S/C23H30N2O5S2/c1-5-16-8-6-7-10-24(16)20(26)9-11-25-22(27)19(32-23(25)31)14-15-12-17(28-2)21(30-4)18(13-15)29-3/h12-14,16H,5-11H2,1-4H3/b19-14-/t16-/m0/s1. The molecule has 2 saturated heterocycles. The number of likely N-dealkylation sites (tertiary alicyclic amines) is 1. The van der Waals surface area contributed by atoms with Gasteiger partial charge in [-0.05, 0) is 49.5 Å². The summed E-state index contributed by atoms with van der Waals surface area (Å²) in [4.78, 5) is 29.8. The van der Waals surface area contributed by atoms with Gasteiger partial charge in [-0.2, -0.15) is 0 Å². The fourth-order valence-corrected chi connectivity index (χ4v) is 5.44. The van der Waals surface area contributed by atoms with E-state index in [1.165, 1.54) is 23.1 Å². The van der Waals surface area contributed by atoms with E-state index in [2.05, 4.69) is 6.92 Å². The van der Waals surface area contributed by atoms with Gasteiger partial charge in [0.15, 0.2) is 11.5 Å². The number of methoxy groups -OCH3 is 3. The van der Waals surface area contributed by atoms with Gasteiger partial charge in [-0.3, -0.25) is 14.5 Å². The lowest BCUT2D eigenvalue weighted by molar-refractivity contribution is -0.135. The van der Waals surface area contributed by atoms with Crippen LogP contribution in [0, 0.1) is 0 Å². The molecule has 0 N–H and O–H groups in total. The second-order valence-corrected chi connectivity index (χ2v) is 9.36. The van der Waals surface area contributed by atoms with Gasteiger partial charge < -0.3 is 19.1 Å². The van der Waals surface area contributed by atoms with Gasteiger partial charge >= 0.3 is 0 Å². The zero-order valence-electron chi connectivity index (χ0n) is 19.0. The van der Waals surface area contributed by atoms with Crippen molar-refractivity contribution in [1.29, 1.82) is 0 Å². The Balaban J connectivity index is 1.72. The molecule has 0 spiro atoms. The summed E-state index contributed by atoms with van der Waals surface area (Å²) in [6.45, 7) is 3.21. The fourth-order valence-electron chi connectivity index (χ4n) is 4.13. The van der Waals surface area contributed by atoms with Crippen molar-refractivity contribution in [3.8, 4) is 17.2 Å². The molecule has 0 radical (unpaired) electrons. The molecule has 0 saturated carbocycles. The van der Waals surface area contributed by atoms with E-state index in [1.807, 2.05) is 4.90 Å². The van der Waals surface area contributed by atoms with Crippen molar-refractivity contribution in [3.05, 3.63) is 22.6 Å². The van der Waals surface area contributed by atoms with Crippen molar-refractivity contribution in [3.63, 3.8) is 0 Å². The number of amides is 2. The van der Waals surface area contributed by atoms with E-state index in [1.54, 1.807) is 39.5 Å². The van der Waals surface area contributed by atoms with Gasteiger partial charge in [-0.25, -0.2) is 0 Å². The molecule has 1 aromatic carbocycles. The third-order valence-electron chi connectivity index (χ3n) is 5.83. The molecular formula is C23H30N2O5S2. The highest BCUT2D eigenvalue weighted by Crippen LogP contribution is 2.40. The summed E-state index contributed by atoms with van der Waals surface area (Å²) < 4.78 is 16.6. The van der Waals surface area contributed by atoms with Crippen LogP contribution in [-0.4, -0.2) is 66.4 Å². The first-order chi connectivity index (χ1) is 15.4. The highest BCUT2D eigenvalue weighted by atomic mass is 32.2. The van der Waals surface area contributed by atoms with Crippen LogP contribution >= 0.6 is 24.0 Å². The molecule has 2 heterocycles. The molecule has 3 rings (SSSR count). The van der Waals surface area contributed by atoms with E-state index in [0.717, 1.165) is 31.4 Å². The second-order valence-electron chi connectivity index (χ2n) is 7.69. The van der Waals surface area contributed by atoms with E-state index in [4.69, 9.17) is 26.4 Å². The molecular weight excluding hydrogens is 448 g/mol. The summed E-state index contributed by atoms with van der Waals surface area (Å²) in [6, 6.07) is 3.86. The molecule has 2 aliphatic rings. The van der Waals surface area contributed by atoms with E-state index >= 15 is 0 Å². The summed E-state index contributed by atoms with van der Waals surface area (Å²) in [6.07, 6.45) is 6.26. The smallest absolute Gasteiger partial charge is 0.266 e. The number of hydrogen-bond acceptors (Lipinski definition) is 7. The summed E-state index contributed by atoms with van der Waals surface area (Å²) >= 11 is 6.67. The summed E-state index contributed by atoms with van der Waals surface area (Å²) in [5.41, 5.74) is 0.732. The SMILES string of the molecule is CC[C@H]1CCCCN1C(=O)CCN1C(=O)/C(=C/c2cc(OC)c(OC)c(OC)c2)SC1=S. The minimum atomic E-state index is -0.188. The zero-order valence-corrected chi connectivity index (χ0v) is 20.6. The Hall–Kier alpha value is -2.26. The molecule has 174 valence electrons. The number of thioether (sulfide) groups is 1. The Labute approximate surface area is 199 Å². The van der Waals surface area contributed by atoms with Gasteiger partial charge in [0.25, 0.3) is 5.91 Å². The van der Waals surface area contributed by atoms with Crippen LogP contribution < -0.4 is 14.2 Å². The number of piperidine rings is 1. The normalized spacial score (nSPS) is 20.1. The number of benzene rings is 1. The fraction of sp³-hybridized carbons (Fsp3) is 0.522. The number of carbonyl (C=O) groups is 2. The molecule has 0 aliphatic carbocycles. The maximum absolute atomic E-state index is 13.0. The summed E-state index contributed by atoms with van der Waals surface area (Å²) in [5.74, 6) is 1.41. The Morgan fingerprint density at radius 3 is 2.47 bits per heavy atom. The average Bonchev–Trinajstić information content (AvgIpc) is 3.08. The maximum atomic E-state index is 13.0. The first-order valence-electron chi connectivity index (χ1n) is 10.8. The van der Waals surface area contributed by atoms with Crippen molar-refractivity contribution >= 4 is 46.2 Å². The Kier molecular flexibility index (Phi) is 8.42. The Bertz CT molecular complexity index is 893. The predicted octanol–water partition coefficient (Wildman–Crippen LogP) is 4.09. The van der Waals surface area contributed by atoms with Crippen molar-refractivity contribution < 1.29 is 23.8 Å². The first-order valence-corrected chi connectivity index (χ1v) is 12.0. The Morgan fingerprint density at radius 2 is 1.88 bits per heavy atom. The minimum absolute atomic E-state index is 0.0965. The van der Waals surface area contributed by atoms with Gasteiger partial charge in [0.1, 0.15) is 4.32 Å². The number of rotatable bonds is 8. The zero-order chi connectivity index (χ0) is 23.3. The van der Waals surface area contributed by atoms with Crippen molar-refractivity contribution in [2.75, 3.05) is 34.4 Å². The van der Waals surface area contributed by atoms with Crippen LogP contribution in [0.2, 0.25) is 0 Å². The number of nitrogens with zero attached hydrogens (tertiary/aromatic N) is 2. The Morgan fingerprint density at radius 1 is 1.19 bits per heavy atom. The van der Waals surface area contributed by atoms with Crippen molar-refractivity contribution in [2.24, 2.45) is 0 Å². The number of ether oxygens (including phenoxy) is 3. The van der Waals surface area contributed by atoms with E-state index in [0.29, 0.717) is 39.1 Å². The monoisotopic (exact) mass is 478 g/mol. The van der Waals surface area contributed by atoms with Crippen LogP contribution in [0.1, 0.15) is 44.6 Å².